The van der Waals surface area contributed by atoms with Gasteiger partial charge in [-0.1, -0.05) is 0 Å². The monoisotopic (exact) mass is 438 g/mol. The highest BCUT2D eigenvalue weighted by Gasteiger charge is 2.47. The van der Waals surface area contributed by atoms with Gasteiger partial charge >= 0.3 is 0 Å². The van der Waals surface area contributed by atoms with Crippen LogP contribution in [0.2, 0.25) is 0 Å². The van der Waals surface area contributed by atoms with Crippen molar-refractivity contribution in [2.75, 3.05) is 38.3 Å². The average molecular weight is 439 g/mol. The summed E-state index contributed by atoms with van der Waals surface area (Å²) in [6, 6.07) is 2.00. The van der Waals surface area contributed by atoms with Gasteiger partial charge in [-0.05, 0) is 48.8 Å². The first kappa shape index (κ1) is 19.7. The number of pyridine rings is 1. The predicted octanol–water partition coefficient (Wildman–Crippen LogP) is 2.07. The van der Waals surface area contributed by atoms with Crippen molar-refractivity contribution >= 4 is 17.6 Å². The molecule has 1 saturated heterocycles. The van der Waals surface area contributed by atoms with Crippen LogP contribution in [-0.2, 0) is 0 Å². The molecule has 4 aliphatic heterocycles. The fourth-order valence-corrected chi connectivity index (χ4v) is 5.35. The van der Waals surface area contributed by atoms with Crippen LogP contribution >= 0.6 is 0 Å². The first-order valence-electron chi connectivity index (χ1n) is 11.3. The lowest BCUT2D eigenvalue weighted by molar-refractivity contribution is -0.0264. The normalized spacial score (nSPS) is 30.5. The zero-order valence-electron chi connectivity index (χ0n) is 18.1. The van der Waals surface area contributed by atoms with Crippen LogP contribution in [0.4, 0.5) is 10.2 Å². The molecule has 2 fully saturated rings. The number of hydrogen-bond acceptors (Lipinski definition) is 7. The second-order valence-electron chi connectivity index (χ2n) is 9.43. The minimum Gasteiger partial charge on any atom is -0.355 e. The molecular weight excluding hydrogens is 411 g/mol. The maximum Gasteiger partial charge on any atom is 0.255 e. The van der Waals surface area contributed by atoms with E-state index < -0.39 is 6.35 Å². The molecule has 0 bridgehead atoms. The lowest BCUT2D eigenvalue weighted by Gasteiger charge is -2.34. The molecule has 9 heteroatoms. The van der Waals surface area contributed by atoms with Crippen molar-refractivity contribution in [1.82, 2.24) is 19.8 Å². The molecule has 1 amide bonds. The molecule has 4 atom stereocenters. The topological polar surface area (TPSA) is 75.5 Å². The summed E-state index contributed by atoms with van der Waals surface area (Å²) in [5.74, 6) is 2.48. The Balaban J connectivity index is 1.29. The van der Waals surface area contributed by atoms with Crippen LogP contribution in [0.15, 0.2) is 41.4 Å². The second kappa shape index (κ2) is 7.30. The number of piperidine rings is 1. The number of aliphatic hydroxyl groups excluding tert-OH is 1. The summed E-state index contributed by atoms with van der Waals surface area (Å²) in [4.78, 5) is 23.5. The number of allylic oxidation sites excluding steroid dienone is 1. The van der Waals surface area contributed by atoms with Gasteiger partial charge < -0.3 is 14.9 Å². The number of halogens is 1. The number of likely N-dealkylation sites (tertiary alicyclic amines) is 1. The maximum atomic E-state index is 13.1. The summed E-state index contributed by atoms with van der Waals surface area (Å²) in [6.07, 6.45) is 9.45. The maximum absolute atomic E-state index is 13.1. The summed E-state index contributed by atoms with van der Waals surface area (Å²) in [5.41, 5.74) is 2.69. The Hall–Kier alpha value is -2.94. The van der Waals surface area contributed by atoms with Gasteiger partial charge in [0.15, 0.2) is 5.84 Å². The van der Waals surface area contributed by atoms with E-state index in [9.17, 15) is 14.3 Å². The summed E-state index contributed by atoms with van der Waals surface area (Å²) in [6.45, 7) is 1.68. The van der Waals surface area contributed by atoms with Crippen molar-refractivity contribution < 1.29 is 14.3 Å². The van der Waals surface area contributed by atoms with Crippen LogP contribution in [0.3, 0.4) is 0 Å². The Kier molecular flexibility index (Phi) is 4.50. The summed E-state index contributed by atoms with van der Waals surface area (Å²) < 4.78 is 13.1. The van der Waals surface area contributed by atoms with Gasteiger partial charge in [-0.15, -0.1) is 0 Å². The lowest BCUT2D eigenvalue weighted by atomic mass is 9.98. The number of hydrazone groups is 1. The van der Waals surface area contributed by atoms with Gasteiger partial charge in [-0.2, -0.15) is 5.10 Å². The molecule has 1 saturated carbocycles. The van der Waals surface area contributed by atoms with Gasteiger partial charge in [-0.25, -0.2) is 4.98 Å². The van der Waals surface area contributed by atoms with E-state index in [0.29, 0.717) is 36.3 Å². The third-order valence-electron chi connectivity index (χ3n) is 7.26. The number of rotatable bonds is 3. The minimum atomic E-state index is -0.793. The third kappa shape index (κ3) is 3.09. The van der Waals surface area contributed by atoms with Crippen molar-refractivity contribution in [3.05, 3.63) is 47.4 Å². The number of amides is 1. The highest BCUT2D eigenvalue weighted by Crippen LogP contribution is 2.55. The third-order valence-corrected chi connectivity index (χ3v) is 7.26. The van der Waals surface area contributed by atoms with Gasteiger partial charge in [0.05, 0.1) is 12.2 Å². The molecule has 0 spiro atoms. The molecule has 1 aromatic rings. The molecule has 6 rings (SSSR count). The number of alkyl halides is 1. The van der Waals surface area contributed by atoms with Gasteiger partial charge in [-0.3, -0.25) is 19.1 Å². The van der Waals surface area contributed by atoms with Crippen LogP contribution in [0.1, 0.15) is 41.1 Å². The first-order valence-corrected chi connectivity index (χ1v) is 11.3. The summed E-state index contributed by atoms with van der Waals surface area (Å²) >= 11 is 0. The van der Waals surface area contributed by atoms with E-state index in [4.69, 9.17) is 4.98 Å². The van der Waals surface area contributed by atoms with Gasteiger partial charge in [0, 0.05) is 56.8 Å². The number of fused-ring (bicyclic) bond motifs is 4. The van der Waals surface area contributed by atoms with Crippen molar-refractivity contribution in [1.29, 1.82) is 0 Å². The first-order chi connectivity index (χ1) is 15.5. The number of nitrogens with zero attached hydrogens (tertiary/aromatic N) is 6. The Morgan fingerprint density at radius 3 is 3.06 bits per heavy atom. The number of anilines is 1. The average Bonchev–Trinajstić information content (AvgIpc) is 3.56. The molecule has 3 unspecified atom stereocenters. The number of carbonyl (C=O) groups excluding carboxylic acids is 1. The number of amidine groups is 1. The molecule has 0 radical (unpaired) electrons. The number of aliphatic hydroxyl groups is 1. The van der Waals surface area contributed by atoms with Crippen molar-refractivity contribution in [2.45, 2.75) is 31.5 Å². The molecular formula is C23H27FN6O2. The lowest BCUT2D eigenvalue weighted by Crippen LogP contribution is -2.41. The van der Waals surface area contributed by atoms with Crippen molar-refractivity contribution in [2.24, 2.45) is 16.9 Å². The minimum absolute atomic E-state index is 0.0440. The SMILES string of the molecule is CN1N=C2C=C(N3CC4CC4c4cc(C(=O)N5CCC[C@@H](CF)C5)cnc43)C=CN2C1O. The Morgan fingerprint density at radius 1 is 1.34 bits per heavy atom. The molecule has 1 N–H and O–H groups in total. The predicted molar refractivity (Wildman–Crippen MR) is 117 cm³/mol. The Morgan fingerprint density at radius 2 is 2.22 bits per heavy atom. The summed E-state index contributed by atoms with van der Waals surface area (Å²) in [7, 11) is 1.74. The molecule has 1 aliphatic carbocycles. The van der Waals surface area contributed by atoms with Gasteiger partial charge in [0.2, 0.25) is 6.35 Å². The van der Waals surface area contributed by atoms with Crippen molar-refractivity contribution in [3.8, 4) is 0 Å². The largest absolute Gasteiger partial charge is 0.355 e. The molecule has 8 nitrogen and oxygen atoms in total. The van der Waals surface area contributed by atoms with E-state index in [2.05, 4.69) is 10.0 Å². The number of carbonyl (C=O) groups is 1. The molecule has 168 valence electrons. The van der Waals surface area contributed by atoms with Crippen LogP contribution in [0, 0.1) is 11.8 Å². The zero-order valence-corrected chi connectivity index (χ0v) is 18.1. The van der Waals surface area contributed by atoms with Crippen LogP contribution in [0.25, 0.3) is 0 Å². The van der Waals surface area contributed by atoms with E-state index >= 15 is 0 Å². The van der Waals surface area contributed by atoms with Crippen LogP contribution in [-0.4, -0.2) is 76.4 Å². The smallest absolute Gasteiger partial charge is 0.255 e. The molecule has 1 aromatic heterocycles. The van der Waals surface area contributed by atoms with E-state index in [0.717, 1.165) is 42.9 Å². The van der Waals surface area contributed by atoms with Gasteiger partial charge in [0.1, 0.15) is 5.82 Å². The highest BCUT2D eigenvalue weighted by molar-refractivity contribution is 5.97. The Bertz CT molecular complexity index is 1050. The molecule has 0 aromatic carbocycles. The van der Waals surface area contributed by atoms with E-state index in [1.807, 2.05) is 24.4 Å². The summed E-state index contributed by atoms with van der Waals surface area (Å²) in [5, 5.41) is 16.1. The second-order valence-corrected chi connectivity index (χ2v) is 9.43. The van der Waals surface area contributed by atoms with Crippen LogP contribution < -0.4 is 4.90 Å². The fraction of sp³-hybridized carbons (Fsp3) is 0.522. The van der Waals surface area contributed by atoms with Crippen molar-refractivity contribution in [3.63, 3.8) is 0 Å². The molecule has 5 heterocycles. The Labute approximate surface area is 186 Å². The van der Waals surface area contributed by atoms with E-state index in [1.165, 1.54) is 5.01 Å². The van der Waals surface area contributed by atoms with E-state index in [-0.39, 0.29) is 18.5 Å². The molecule has 32 heavy (non-hydrogen) atoms. The van der Waals surface area contributed by atoms with Gasteiger partial charge in [0.25, 0.3) is 5.91 Å². The standard InChI is InChI=1S/C23H27FN6O2/c1-27-23(32)29-6-4-17(9-20(29)26-27)30-13-16-8-18(16)19-7-15(11-25-21(19)30)22(31)28-5-2-3-14(10-24)12-28/h4,6-7,9,11,14,16,18,23,32H,2-3,5,8,10,12-13H2,1H3/t14-,16?,18?,23?/m0/s1. The highest BCUT2D eigenvalue weighted by atomic mass is 19.1. The van der Waals surface area contributed by atoms with Crippen LogP contribution in [0.5, 0.6) is 0 Å². The fourth-order valence-electron chi connectivity index (χ4n) is 5.35. The number of hydrogen-bond donors (Lipinski definition) is 1. The molecule has 5 aliphatic rings. The number of aromatic nitrogens is 1. The zero-order chi connectivity index (χ0) is 22.0. The quantitative estimate of drug-likeness (QED) is 0.779. The van der Waals surface area contributed by atoms with E-state index in [1.54, 1.807) is 23.0 Å².